The number of para-hydroxylation sites is 2. The Morgan fingerprint density at radius 1 is 0.938 bits per heavy atom. The van der Waals surface area contributed by atoms with Crippen LogP contribution in [0.5, 0.6) is 5.75 Å². The predicted molar refractivity (Wildman–Crippen MR) is 125 cm³/mol. The molecule has 0 bridgehead atoms. The van der Waals surface area contributed by atoms with Gasteiger partial charge in [-0.25, -0.2) is 4.79 Å². The molecule has 0 saturated heterocycles. The van der Waals surface area contributed by atoms with E-state index in [-0.39, 0.29) is 5.97 Å². The number of ether oxygens (including phenoxy) is 2. The highest BCUT2D eigenvalue weighted by atomic mass is 16.5. The fraction of sp³-hybridized carbons (Fsp3) is 0.200. The van der Waals surface area contributed by atoms with Gasteiger partial charge in [0.2, 0.25) is 5.62 Å². The molecule has 4 aromatic rings. The van der Waals surface area contributed by atoms with Gasteiger partial charge in [0.15, 0.2) is 0 Å². The Morgan fingerprint density at radius 3 is 2.25 bits per heavy atom. The van der Waals surface area contributed by atoms with Gasteiger partial charge in [-0.15, -0.1) is 0 Å². The second-order valence-corrected chi connectivity index (χ2v) is 7.51. The molecule has 1 aromatic heterocycles. The van der Waals surface area contributed by atoms with Gasteiger partial charge in [-0.3, -0.25) is 5.41 Å². The van der Waals surface area contributed by atoms with Crippen LogP contribution in [0.3, 0.4) is 0 Å². The maximum Gasteiger partial charge on any atom is 0.337 e. The first-order valence-corrected chi connectivity index (χ1v) is 10.4. The lowest BCUT2D eigenvalue weighted by atomic mass is 9.95. The summed E-state index contributed by atoms with van der Waals surface area (Å²) < 4.78 is 14.5. The zero-order valence-corrected chi connectivity index (χ0v) is 18.0. The van der Waals surface area contributed by atoms with Gasteiger partial charge in [0.1, 0.15) is 13.6 Å². The van der Waals surface area contributed by atoms with Gasteiger partial charge in [-0.05, 0) is 48.4 Å². The average Bonchev–Trinajstić information content (AvgIpc) is 3.09. The van der Waals surface area contributed by atoms with Crippen molar-refractivity contribution in [1.29, 1.82) is 5.41 Å². The van der Waals surface area contributed by atoms with E-state index < -0.39 is 0 Å². The molecule has 0 aliphatic carbocycles. The fourth-order valence-electron chi connectivity index (χ4n) is 3.70. The topological polar surface area (TPSA) is 69.2 Å². The molecule has 32 heavy (non-hydrogen) atoms. The third kappa shape index (κ3) is 4.62. The summed E-state index contributed by atoms with van der Waals surface area (Å²) in [6.07, 6.45) is 0.741. The van der Waals surface area contributed by atoms with E-state index in [4.69, 9.17) is 22.7 Å². The molecule has 7 heteroatoms. The standard InChI is InChI=1S/C25H24BN3O3/c1-31-24(30)19-9-13-21(14-10-19)32-16-4-15-28-22-5-2-3-6-23(22)29(25(28)27)17-18-7-11-20(26)12-8-18/h2-3,5-14,27H,4,15-17H2,1H3. The number of carbonyl (C=O) groups is 1. The van der Waals surface area contributed by atoms with Crippen LogP contribution in [0.2, 0.25) is 0 Å². The van der Waals surface area contributed by atoms with E-state index in [0.717, 1.165) is 28.5 Å². The predicted octanol–water partition coefficient (Wildman–Crippen LogP) is 3.02. The summed E-state index contributed by atoms with van der Waals surface area (Å²) in [7, 11) is 7.16. The largest absolute Gasteiger partial charge is 0.494 e. The van der Waals surface area contributed by atoms with Crippen LogP contribution in [0, 0.1) is 5.41 Å². The monoisotopic (exact) mass is 425 g/mol. The summed E-state index contributed by atoms with van der Waals surface area (Å²) in [6.45, 7) is 1.77. The van der Waals surface area contributed by atoms with Crippen molar-refractivity contribution in [2.24, 2.45) is 0 Å². The number of hydrogen-bond donors (Lipinski definition) is 1. The van der Waals surface area contributed by atoms with Gasteiger partial charge in [-0.2, -0.15) is 0 Å². The SMILES string of the molecule is [B]c1ccc(Cn2c(=N)n(CCCOc3ccc(C(=O)OC)cc3)c3ccccc32)cc1. The second-order valence-electron chi connectivity index (χ2n) is 7.51. The fourth-order valence-corrected chi connectivity index (χ4v) is 3.70. The maximum absolute atomic E-state index is 11.5. The van der Waals surface area contributed by atoms with Gasteiger partial charge in [0, 0.05) is 6.54 Å². The van der Waals surface area contributed by atoms with Crippen LogP contribution in [0.4, 0.5) is 0 Å². The molecule has 2 radical (unpaired) electrons. The minimum absolute atomic E-state index is 0.369. The normalized spacial score (nSPS) is 10.9. The molecule has 1 heterocycles. The molecule has 0 unspecified atom stereocenters. The summed E-state index contributed by atoms with van der Waals surface area (Å²) in [5, 5.41) is 8.76. The van der Waals surface area contributed by atoms with Crippen LogP contribution < -0.4 is 15.8 Å². The van der Waals surface area contributed by atoms with E-state index in [1.807, 2.05) is 57.7 Å². The molecule has 0 aliphatic heterocycles. The van der Waals surface area contributed by atoms with Crippen LogP contribution in [-0.2, 0) is 17.8 Å². The van der Waals surface area contributed by atoms with Gasteiger partial charge < -0.3 is 18.6 Å². The van der Waals surface area contributed by atoms with E-state index in [1.54, 1.807) is 24.3 Å². The Labute approximate surface area is 187 Å². The lowest BCUT2D eigenvalue weighted by molar-refractivity contribution is 0.0600. The van der Waals surface area contributed by atoms with Gasteiger partial charge in [0.25, 0.3) is 0 Å². The molecule has 3 aromatic carbocycles. The molecule has 0 aliphatic rings. The zero-order chi connectivity index (χ0) is 22.5. The molecular formula is C25H24BN3O3. The van der Waals surface area contributed by atoms with Gasteiger partial charge in [0.05, 0.1) is 36.9 Å². The van der Waals surface area contributed by atoms with E-state index in [1.165, 1.54) is 7.11 Å². The molecule has 1 N–H and O–H groups in total. The van der Waals surface area contributed by atoms with Crippen LogP contribution >= 0.6 is 0 Å². The van der Waals surface area contributed by atoms with Crippen LogP contribution in [0.25, 0.3) is 11.0 Å². The number of benzene rings is 3. The van der Waals surface area contributed by atoms with Crippen LogP contribution in [0.15, 0.2) is 72.8 Å². The van der Waals surface area contributed by atoms with Crippen molar-refractivity contribution in [1.82, 2.24) is 9.13 Å². The number of esters is 1. The second kappa shape index (κ2) is 9.60. The van der Waals surface area contributed by atoms with E-state index >= 15 is 0 Å². The maximum atomic E-state index is 11.5. The van der Waals surface area contributed by atoms with E-state index in [9.17, 15) is 4.79 Å². The molecule has 0 spiro atoms. The van der Waals surface area contributed by atoms with Crippen molar-refractivity contribution >= 4 is 30.3 Å². The molecule has 0 atom stereocenters. The van der Waals surface area contributed by atoms with Crippen molar-refractivity contribution in [2.45, 2.75) is 19.5 Å². The van der Waals surface area contributed by atoms with E-state index in [0.29, 0.717) is 36.6 Å². The first-order valence-electron chi connectivity index (χ1n) is 10.4. The highest BCUT2D eigenvalue weighted by Gasteiger charge is 2.11. The average molecular weight is 425 g/mol. The lowest BCUT2D eigenvalue weighted by Crippen LogP contribution is -2.25. The third-order valence-electron chi connectivity index (χ3n) is 5.37. The van der Waals surface area contributed by atoms with Crippen molar-refractivity contribution in [3.05, 3.63) is 89.5 Å². The number of carbonyl (C=O) groups excluding carboxylic acids is 1. The van der Waals surface area contributed by atoms with Crippen molar-refractivity contribution in [2.75, 3.05) is 13.7 Å². The summed E-state index contributed by atoms with van der Waals surface area (Å²) >= 11 is 0. The third-order valence-corrected chi connectivity index (χ3v) is 5.37. The number of aryl methyl sites for hydroxylation is 1. The molecule has 160 valence electrons. The number of imidazole rings is 1. The minimum atomic E-state index is -0.369. The quantitative estimate of drug-likeness (QED) is 0.268. The van der Waals surface area contributed by atoms with Crippen molar-refractivity contribution < 1.29 is 14.3 Å². The Bertz CT molecular complexity index is 1270. The lowest BCUT2D eigenvalue weighted by Gasteiger charge is -2.08. The number of fused-ring (bicyclic) bond motifs is 1. The first kappa shape index (κ1) is 21.5. The summed E-state index contributed by atoms with van der Waals surface area (Å²) in [6, 6.07) is 22.7. The zero-order valence-electron chi connectivity index (χ0n) is 18.0. The van der Waals surface area contributed by atoms with Gasteiger partial charge in [-0.1, -0.05) is 41.9 Å². The van der Waals surface area contributed by atoms with Crippen molar-refractivity contribution in [3.63, 3.8) is 0 Å². The Hall–Kier alpha value is -3.74. The Kier molecular flexibility index (Phi) is 6.45. The van der Waals surface area contributed by atoms with Crippen LogP contribution in [-0.4, -0.2) is 36.7 Å². The number of aromatic nitrogens is 2. The Morgan fingerprint density at radius 2 is 1.59 bits per heavy atom. The minimum Gasteiger partial charge on any atom is -0.494 e. The number of nitrogens with one attached hydrogen (secondary N) is 1. The van der Waals surface area contributed by atoms with Crippen molar-refractivity contribution in [3.8, 4) is 5.75 Å². The first-order chi connectivity index (χ1) is 15.6. The number of hydrogen-bond acceptors (Lipinski definition) is 4. The summed E-state index contributed by atoms with van der Waals surface area (Å²) in [5.74, 6) is 0.325. The smallest absolute Gasteiger partial charge is 0.337 e. The molecule has 6 nitrogen and oxygen atoms in total. The van der Waals surface area contributed by atoms with Gasteiger partial charge >= 0.3 is 5.97 Å². The Balaban J connectivity index is 1.45. The molecule has 0 fully saturated rings. The van der Waals surface area contributed by atoms with E-state index in [2.05, 4.69) is 0 Å². The molecular weight excluding hydrogens is 401 g/mol. The summed E-state index contributed by atoms with van der Waals surface area (Å²) in [4.78, 5) is 11.5. The van der Waals surface area contributed by atoms with Crippen LogP contribution in [0.1, 0.15) is 22.3 Å². The highest BCUT2D eigenvalue weighted by molar-refractivity contribution is 6.32. The summed E-state index contributed by atoms with van der Waals surface area (Å²) in [5.41, 5.74) is 4.81. The molecule has 4 rings (SSSR count). The highest BCUT2D eigenvalue weighted by Crippen LogP contribution is 2.16. The molecule has 0 saturated carbocycles. The number of methoxy groups -OCH3 is 1. The number of rotatable bonds is 8. The number of nitrogens with zero attached hydrogens (tertiary/aromatic N) is 2. The molecule has 0 amide bonds.